The molecule has 1 N–H and O–H groups in total. The number of ether oxygens (including phenoxy) is 2. The van der Waals surface area contributed by atoms with Crippen LogP contribution >= 0.6 is 0 Å². The van der Waals surface area contributed by atoms with Gasteiger partial charge in [0.2, 0.25) is 0 Å². The molecule has 0 heterocycles. The molecular formula is C85H144O5. The van der Waals surface area contributed by atoms with Gasteiger partial charge in [-0.2, -0.15) is 0 Å². The fourth-order valence-electron chi connectivity index (χ4n) is 11.0. The van der Waals surface area contributed by atoms with Gasteiger partial charge in [0.1, 0.15) is 6.61 Å². The normalized spacial score (nSPS) is 13.1. The highest BCUT2D eigenvalue weighted by atomic mass is 16.6. The van der Waals surface area contributed by atoms with E-state index in [4.69, 9.17) is 9.47 Å². The van der Waals surface area contributed by atoms with Crippen LogP contribution in [0.5, 0.6) is 0 Å². The van der Waals surface area contributed by atoms with Gasteiger partial charge in [0.15, 0.2) is 6.10 Å². The number of hydrogen-bond donors (Lipinski definition) is 1. The predicted molar refractivity (Wildman–Crippen MR) is 398 cm³/mol. The number of rotatable bonds is 70. The summed E-state index contributed by atoms with van der Waals surface area (Å²) in [4.78, 5) is 24.7. The fourth-order valence-corrected chi connectivity index (χ4v) is 11.0. The van der Waals surface area contributed by atoms with Gasteiger partial charge in [-0.1, -0.05) is 378 Å². The number of hydrogen-bond acceptors (Lipinski definition) is 5. The van der Waals surface area contributed by atoms with Crippen molar-refractivity contribution in [2.24, 2.45) is 0 Å². The molecule has 0 saturated carbocycles. The molecule has 0 saturated heterocycles. The zero-order valence-corrected chi connectivity index (χ0v) is 59.1. The second-order valence-electron chi connectivity index (χ2n) is 25.3. The molecule has 5 nitrogen and oxygen atoms in total. The third kappa shape index (κ3) is 76.2. The highest BCUT2D eigenvalue weighted by Gasteiger charge is 2.16. The quantitative estimate of drug-likeness (QED) is 0.0373. The second-order valence-corrected chi connectivity index (χ2v) is 25.3. The first-order valence-electron chi connectivity index (χ1n) is 38.4. The maximum atomic E-state index is 12.4. The molecule has 514 valence electrons. The van der Waals surface area contributed by atoms with Crippen LogP contribution in [0, 0.1) is 0 Å². The fraction of sp³-hybridized carbons (Fsp3) is 0.694. The number of esters is 2. The molecule has 0 aromatic carbocycles. The van der Waals surface area contributed by atoms with Gasteiger partial charge < -0.3 is 14.6 Å². The molecule has 0 spiro atoms. The predicted octanol–water partition coefficient (Wildman–Crippen LogP) is 27.2. The summed E-state index contributed by atoms with van der Waals surface area (Å²) in [7, 11) is 0. The molecule has 0 aliphatic rings. The summed E-state index contributed by atoms with van der Waals surface area (Å²) in [6.45, 7) is 3.94. The van der Waals surface area contributed by atoms with Gasteiger partial charge in [-0.15, -0.1) is 0 Å². The minimum absolute atomic E-state index is 0.0679. The van der Waals surface area contributed by atoms with Crippen molar-refractivity contribution in [2.75, 3.05) is 13.2 Å². The lowest BCUT2D eigenvalue weighted by atomic mass is 10.0. The van der Waals surface area contributed by atoms with Crippen molar-refractivity contribution in [3.8, 4) is 0 Å². The molecular weight excluding hydrogens is 1100 g/mol. The van der Waals surface area contributed by atoms with Crippen molar-refractivity contribution < 1.29 is 24.2 Å². The smallest absolute Gasteiger partial charge is 0.306 e. The zero-order valence-electron chi connectivity index (χ0n) is 59.1. The van der Waals surface area contributed by atoms with E-state index in [1.165, 1.54) is 218 Å². The average Bonchev–Trinajstić information content (AvgIpc) is 3.58. The Labute approximate surface area is 558 Å². The standard InChI is InChI=1S/C85H144O5/c1-3-5-7-9-11-13-15-17-19-21-23-25-27-29-31-33-35-37-39-40-41-42-43-44-46-47-49-51-53-55-57-59-61-63-65-67-69-71-73-75-77-79-84(87)89-82-83(81-86)90-85(88)80-78-76-74-72-70-68-66-64-62-60-58-56-54-52-50-48-45-38-36-34-32-30-28-26-24-22-20-18-16-14-12-10-8-6-4-2/h5-8,11-14,17-20,23-26,29-32,36,38,48,50,83,86H,3-4,9-10,15-16,21-22,27-28,33-35,37,39-47,49,51-82H2,1-2H3/b7-5-,8-6-,13-11-,14-12-,19-17-,20-18-,25-23-,26-24-,31-29-,32-30-,38-36-,50-48-. The molecule has 0 aromatic heterocycles. The summed E-state index contributed by atoms with van der Waals surface area (Å²) in [6.07, 6.45) is 119. The van der Waals surface area contributed by atoms with E-state index in [0.717, 1.165) is 116 Å². The number of aliphatic hydroxyl groups is 1. The maximum absolute atomic E-state index is 12.4. The minimum atomic E-state index is -0.780. The Morgan fingerprint density at radius 3 is 0.667 bits per heavy atom. The van der Waals surface area contributed by atoms with E-state index in [1.807, 2.05) is 0 Å². The molecule has 0 radical (unpaired) electrons. The molecule has 1 unspecified atom stereocenters. The molecule has 90 heavy (non-hydrogen) atoms. The summed E-state index contributed by atoms with van der Waals surface area (Å²) in [5.41, 5.74) is 0. The first-order chi connectivity index (χ1) is 44.6. The van der Waals surface area contributed by atoms with Crippen molar-refractivity contribution in [1.29, 1.82) is 0 Å². The highest BCUT2D eigenvalue weighted by molar-refractivity contribution is 5.70. The van der Waals surface area contributed by atoms with Crippen molar-refractivity contribution in [3.63, 3.8) is 0 Å². The number of unbranched alkanes of at least 4 members (excludes halogenated alkanes) is 38. The van der Waals surface area contributed by atoms with E-state index in [1.54, 1.807) is 0 Å². The van der Waals surface area contributed by atoms with E-state index in [0.29, 0.717) is 12.8 Å². The Bertz CT molecular complexity index is 1850. The summed E-state index contributed by atoms with van der Waals surface area (Å²) >= 11 is 0. The van der Waals surface area contributed by atoms with Crippen LogP contribution in [0.25, 0.3) is 0 Å². The van der Waals surface area contributed by atoms with Crippen LogP contribution in [0.1, 0.15) is 361 Å². The Kier molecular flexibility index (Phi) is 75.3. The van der Waals surface area contributed by atoms with Gasteiger partial charge in [0.25, 0.3) is 0 Å². The van der Waals surface area contributed by atoms with Crippen LogP contribution in [0.4, 0.5) is 0 Å². The average molecular weight is 1250 g/mol. The van der Waals surface area contributed by atoms with Gasteiger partial charge in [0, 0.05) is 12.8 Å². The minimum Gasteiger partial charge on any atom is -0.462 e. The lowest BCUT2D eigenvalue weighted by Crippen LogP contribution is -2.28. The second kappa shape index (κ2) is 79.0. The van der Waals surface area contributed by atoms with Crippen molar-refractivity contribution in [2.45, 2.75) is 367 Å². The van der Waals surface area contributed by atoms with Crippen molar-refractivity contribution in [3.05, 3.63) is 146 Å². The highest BCUT2D eigenvalue weighted by Crippen LogP contribution is 2.18. The summed E-state index contributed by atoms with van der Waals surface area (Å²) in [6, 6.07) is 0. The summed E-state index contributed by atoms with van der Waals surface area (Å²) < 4.78 is 10.8. The Hall–Kier alpha value is -4.22. The molecule has 1 atom stereocenters. The van der Waals surface area contributed by atoms with Gasteiger partial charge in [-0.3, -0.25) is 9.59 Å². The Morgan fingerprint density at radius 1 is 0.256 bits per heavy atom. The molecule has 0 aliphatic carbocycles. The molecule has 0 aromatic rings. The molecule has 0 rings (SSSR count). The van der Waals surface area contributed by atoms with E-state index >= 15 is 0 Å². The number of carbonyl (C=O) groups excluding carboxylic acids is 2. The Balaban J connectivity index is 3.44. The summed E-state index contributed by atoms with van der Waals surface area (Å²) in [5, 5.41) is 9.72. The third-order valence-electron chi connectivity index (χ3n) is 16.6. The largest absolute Gasteiger partial charge is 0.462 e. The van der Waals surface area contributed by atoms with Crippen LogP contribution in [0.2, 0.25) is 0 Å². The van der Waals surface area contributed by atoms with Gasteiger partial charge in [0.05, 0.1) is 6.61 Å². The molecule has 0 amide bonds. The Morgan fingerprint density at radius 2 is 0.444 bits per heavy atom. The molecule has 5 heteroatoms. The van der Waals surface area contributed by atoms with Crippen molar-refractivity contribution >= 4 is 11.9 Å². The SMILES string of the molecule is CC/C=C\C/C=C\C/C=C\C/C=C\C/C=C\C/C=C\C/C=C\CCCCCCCCCCCCCCCC(=O)OC(CO)COC(=O)CCCCCCCCCCCCCCCCCCCCCCCCCCC/C=C\C/C=C\C/C=C\C/C=C\C/C=C\CC. The van der Waals surface area contributed by atoms with Crippen LogP contribution in [-0.2, 0) is 19.1 Å². The van der Waals surface area contributed by atoms with E-state index < -0.39 is 6.10 Å². The number of allylic oxidation sites excluding steroid dienone is 24. The lowest BCUT2D eigenvalue weighted by Gasteiger charge is -2.15. The third-order valence-corrected chi connectivity index (χ3v) is 16.6. The number of carbonyl (C=O) groups is 2. The van der Waals surface area contributed by atoms with Crippen LogP contribution in [0.3, 0.4) is 0 Å². The van der Waals surface area contributed by atoms with E-state index in [9.17, 15) is 14.7 Å². The molecule has 0 aliphatic heterocycles. The van der Waals surface area contributed by atoms with E-state index in [2.05, 4.69) is 160 Å². The van der Waals surface area contributed by atoms with Crippen LogP contribution in [-0.4, -0.2) is 36.4 Å². The topological polar surface area (TPSA) is 72.8 Å². The zero-order chi connectivity index (χ0) is 64.7. The van der Waals surface area contributed by atoms with Crippen LogP contribution < -0.4 is 0 Å². The van der Waals surface area contributed by atoms with Crippen molar-refractivity contribution in [1.82, 2.24) is 0 Å². The molecule has 0 fully saturated rings. The number of aliphatic hydroxyl groups excluding tert-OH is 1. The first kappa shape index (κ1) is 85.8. The lowest BCUT2D eigenvalue weighted by molar-refractivity contribution is -0.161. The van der Waals surface area contributed by atoms with Crippen LogP contribution in [0.15, 0.2) is 146 Å². The van der Waals surface area contributed by atoms with Gasteiger partial charge in [-0.25, -0.2) is 0 Å². The van der Waals surface area contributed by atoms with Gasteiger partial charge in [-0.05, 0) is 116 Å². The monoisotopic (exact) mass is 1250 g/mol. The van der Waals surface area contributed by atoms with E-state index in [-0.39, 0.29) is 25.2 Å². The first-order valence-corrected chi connectivity index (χ1v) is 38.4. The maximum Gasteiger partial charge on any atom is 0.306 e. The summed E-state index contributed by atoms with van der Waals surface area (Å²) in [5.74, 6) is -0.581. The van der Waals surface area contributed by atoms with Gasteiger partial charge >= 0.3 is 11.9 Å². The molecule has 0 bridgehead atoms.